The van der Waals surface area contributed by atoms with Gasteiger partial charge in [0, 0.05) is 24.1 Å². The minimum atomic E-state index is 0.642. The summed E-state index contributed by atoms with van der Waals surface area (Å²) < 4.78 is 0. The van der Waals surface area contributed by atoms with Gasteiger partial charge >= 0.3 is 0 Å². The van der Waals surface area contributed by atoms with Crippen LogP contribution in [0.2, 0.25) is 0 Å². The van der Waals surface area contributed by atoms with Gasteiger partial charge in [0.05, 0.1) is 12.2 Å². The van der Waals surface area contributed by atoms with E-state index in [1.54, 1.807) is 11.3 Å². The second-order valence-electron chi connectivity index (χ2n) is 4.40. The Bertz CT molecular complexity index is 711. The van der Waals surface area contributed by atoms with Crippen molar-refractivity contribution in [1.82, 2.24) is 15.0 Å². The highest BCUT2D eigenvalue weighted by atomic mass is 32.1. The van der Waals surface area contributed by atoms with E-state index in [2.05, 4.69) is 43.1 Å². The van der Waals surface area contributed by atoms with Gasteiger partial charge in [0.2, 0.25) is 0 Å². The first kappa shape index (κ1) is 13.5. The molecule has 0 amide bonds. The molecule has 0 saturated heterocycles. The van der Waals surface area contributed by atoms with Crippen molar-refractivity contribution in [3.63, 3.8) is 0 Å². The van der Waals surface area contributed by atoms with E-state index in [4.69, 9.17) is 0 Å². The molecule has 0 unspecified atom stereocenters. The summed E-state index contributed by atoms with van der Waals surface area (Å²) in [5, 5.41) is 9.34. The molecule has 6 heteroatoms. The summed E-state index contributed by atoms with van der Waals surface area (Å²) in [7, 11) is 1.83. The van der Waals surface area contributed by atoms with E-state index in [0.29, 0.717) is 6.54 Å². The van der Waals surface area contributed by atoms with Gasteiger partial charge in [0.15, 0.2) is 0 Å². The van der Waals surface area contributed by atoms with E-state index in [9.17, 15) is 0 Å². The van der Waals surface area contributed by atoms with Crippen molar-refractivity contribution in [2.24, 2.45) is 0 Å². The summed E-state index contributed by atoms with van der Waals surface area (Å²) in [6, 6.07) is 12.1. The number of nitrogens with one attached hydrogen (secondary N) is 2. The van der Waals surface area contributed by atoms with Crippen LogP contribution in [0.3, 0.4) is 0 Å². The van der Waals surface area contributed by atoms with Gasteiger partial charge in [-0.2, -0.15) is 0 Å². The quantitative estimate of drug-likeness (QED) is 0.757. The van der Waals surface area contributed by atoms with Crippen molar-refractivity contribution in [2.75, 3.05) is 17.7 Å². The Labute approximate surface area is 127 Å². The van der Waals surface area contributed by atoms with E-state index in [1.165, 1.54) is 6.33 Å². The highest BCUT2D eigenvalue weighted by Gasteiger charge is 2.04. The van der Waals surface area contributed by atoms with Crippen molar-refractivity contribution < 1.29 is 0 Å². The van der Waals surface area contributed by atoms with Crippen molar-refractivity contribution in [2.45, 2.75) is 6.54 Å². The highest BCUT2D eigenvalue weighted by molar-refractivity contribution is 7.13. The number of hydrogen-bond donors (Lipinski definition) is 2. The predicted molar refractivity (Wildman–Crippen MR) is 86.5 cm³/mol. The minimum absolute atomic E-state index is 0.642. The molecule has 106 valence electrons. The Hall–Kier alpha value is -2.47. The molecular formula is C15H15N5S. The second kappa shape index (κ2) is 6.32. The van der Waals surface area contributed by atoms with Gasteiger partial charge < -0.3 is 10.6 Å². The van der Waals surface area contributed by atoms with Crippen molar-refractivity contribution >= 4 is 23.0 Å². The Kier molecular flexibility index (Phi) is 4.07. The van der Waals surface area contributed by atoms with E-state index in [0.717, 1.165) is 27.9 Å². The van der Waals surface area contributed by atoms with Crippen LogP contribution < -0.4 is 10.6 Å². The van der Waals surface area contributed by atoms with Gasteiger partial charge in [-0.25, -0.2) is 15.0 Å². The number of aromatic nitrogens is 3. The summed E-state index contributed by atoms with van der Waals surface area (Å²) in [4.78, 5) is 12.9. The van der Waals surface area contributed by atoms with Crippen LogP contribution in [-0.4, -0.2) is 22.0 Å². The standard InChI is InChI=1S/C15H15N5S/c1-16-13-7-14(19-10-18-13)17-8-12-9-21-15(20-12)11-5-3-2-4-6-11/h2-7,9-10H,8H2,1H3,(H2,16,17,18,19). The van der Waals surface area contributed by atoms with Gasteiger partial charge in [-0.05, 0) is 0 Å². The number of hydrogen-bond acceptors (Lipinski definition) is 6. The van der Waals surface area contributed by atoms with Crippen LogP contribution in [0.4, 0.5) is 11.6 Å². The van der Waals surface area contributed by atoms with E-state index in [1.807, 2.05) is 31.3 Å². The molecule has 0 bridgehead atoms. The van der Waals surface area contributed by atoms with Gasteiger partial charge in [0.25, 0.3) is 0 Å². The van der Waals surface area contributed by atoms with Crippen LogP contribution in [0.15, 0.2) is 48.1 Å². The molecule has 1 aromatic carbocycles. The van der Waals surface area contributed by atoms with Gasteiger partial charge in [-0.15, -0.1) is 11.3 Å². The molecule has 5 nitrogen and oxygen atoms in total. The average molecular weight is 297 g/mol. The number of nitrogens with zero attached hydrogens (tertiary/aromatic N) is 3. The lowest BCUT2D eigenvalue weighted by atomic mass is 10.2. The van der Waals surface area contributed by atoms with Crippen LogP contribution in [0, 0.1) is 0 Å². The Morgan fingerprint density at radius 1 is 1.10 bits per heavy atom. The Balaban J connectivity index is 1.67. The monoisotopic (exact) mass is 297 g/mol. The van der Waals surface area contributed by atoms with Crippen LogP contribution in [0.1, 0.15) is 5.69 Å². The molecule has 3 rings (SSSR count). The highest BCUT2D eigenvalue weighted by Crippen LogP contribution is 2.23. The zero-order chi connectivity index (χ0) is 14.5. The SMILES string of the molecule is CNc1cc(NCc2csc(-c3ccccc3)n2)ncn1. The number of benzene rings is 1. The first-order valence-corrected chi connectivity index (χ1v) is 7.46. The fourth-order valence-corrected chi connectivity index (χ4v) is 2.70. The molecule has 2 heterocycles. The van der Waals surface area contributed by atoms with Crippen molar-refractivity contribution in [3.05, 3.63) is 53.8 Å². The third-order valence-electron chi connectivity index (χ3n) is 2.95. The molecule has 0 saturated carbocycles. The molecule has 2 aromatic heterocycles. The molecule has 0 atom stereocenters. The first-order valence-electron chi connectivity index (χ1n) is 6.58. The topological polar surface area (TPSA) is 62.7 Å². The molecular weight excluding hydrogens is 282 g/mol. The summed E-state index contributed by atoms with van der Waals surface area (Å²) >= 11 is 1.65. The maximum absolute atomic E-state index is 4.64. The van der Waals surface area contributed by atoms with Crippen LogP contribution in [0.5, 0.6) is 0 Å². The maximum Gasteiger partial charge on any atom is 0.131 e. The van der Waals surface area contributed by atoms with E-state index in [-0.39, 0.29) is 0 Å². The van der Waals surface area contributed by atoms with Gasteiger partial charge in [-0.1, -0.05) is 30.3 Å². The van der Waals surface area contributed by atoms with Crippen molar-refractivity contribution in [3.8, 4) is 10.6 Å². The van der Waals surface area contributed by atoms with Crippen LogP contribution in [-0.2, 0) is 6.54 Å². The fourth-order valence-electron chi connectivity index (χ4n) is 1.87. The average Bonchev–Trinajstić information content (AvgIpc) is 3.03. The van der Waals surface area contributed by atoms with Gasteiger partial charge in [0.1, 0.15) is 23.0 Å². The maximum atomic E-state index is 4.64. The summed E-state index contributed by atoms with van der Waals surface area (Å²) in [5.74, 6) is 1.57. The normalized spacial score (nSPS) is 10.3. The lowest BCUT2D eigenvalue weighted by Crippen LogP contribution is -2.03. The van der Waals surface area contributed by atoms with Gasteiger partial charge in [-0.3, -0.25) is 0 Å². The molecule has 0 fully saturated rings. The smallest absolute Gasteiger partial charge is 0.131 e. The number of thiazole rings is 1. The molecule has 0 aliphatic carbocycles. The number of anilines is 2. The van der Waals surface area contributed by atoms with Crippen LogP contribution in [0.25, 0.3) is 10.6 Å². The second-order valence-corrected chi connectivity index (χ2v) is 5.26. The molecule has 0 aliphatic heterocycles. The number of rotatable bonds is 5. The molecule has 3 aromatic rings. The predicted octanol–water partition coefficient (Wildman–Crippen LogP) is 3.25. The Morgan fingerprint density at radius 2 is 1.90 bits per heavy atom. The molecule has 0 radical (unpaired) electrons. The van der Waals surface area contributed by atoms with E-state index < -0.39 is 0 Å². The lowest BCUT2D eigenvalue weighted by Gasteiger charge is -2.04. The summed E-state index contributed by atoms with van der Waals surface area (Å²) in [5.41, 5.74) is 2.15. The largest absolute Gasteiger partial charge is 0.373 e. The molecule has 0 aliphatic rings. The van der Waals surface area contributed by atoms with Crippen molar-refractivity contribution in [1.29, 1.82) is 0 Å². The summed E-state index contributed by atoms with van der Waals surface area (Å²) in [6.45, 7) is 0.642. The first-order chi connectivity index (χ1) is 10.3. The Morgan fingerprint density at radius 3 is 2.71 bits per heavy atom. The summed E-state index contributed by atoms with van der Waals surface area (Å²) in [6.07, 6.45) is 1.53. The lowest BCUT2D eigenvalue weighted by molar-refractivity contribution is 1.04. The third-order valence-corrected chi connectivity index (χ3v) is 3.89. The third kappa shape index (κ3) is 3.35. The zero-order valence-corrected chi connectivity index (χ0v) is 12.4. The fraction of sp³-hybridized carbons (Fsp3) is 0.133. The van der Waals surface area contributed by atoms with Crippen LogP contribution >= 0.6 is 11.3 Å². The molecule has 21 heavy (non-hydrogen) atoms. The van der Waals surface area contributed by atoms with E-state index >= 15 is 0 Å². The molecule has 0 spiro atoms. The molecule has 2 N–H and O–H groups in total. The zero-order valence-electron chi connectivity index (χ0n) is 11.6. The minimum Gasteiger partial charge on any atom is -0.373 e.